The van der Waals surface area contributed by atoms with Gasteiger partial charge in [-0.2, -0.15) is 0 Å². The first-order valence-electron chi connectivity index (χ1n) is 11.9. The number of ether oxygens (including phenoxy) is 2. The summed E-state index contributed by atoms with van der Waals surface area (Å²) >= 11 is 0. The minimum absolute atomic E-state index is 0.212. The molecule has 8 heteroatoms. The molecule has 0 spiro atoms. The fourth-order valence-electron chi connectivity index (χ4n) is 3.67. The van der Waals surface area contributed by atoms with E-state index in [0.717, 1.165) is 63.5 Å². The monoisotopic (exact) mass is 468 g/mol. The molecule has 0 unspecified atom stereocenters. The normalized spacial score (nSPS) is 16.7. The fourth-order valence-corrected chi connectivity index (χ4v) is 3.67. The summed E-state index contributed by atoms with van der Waals surface area (Å²) < 4.78 is 10.9. The highest BCUT2D eigenvalue weighted by atomic mass is 16.5. The summed E-state index contributed by atoms with van der Waals surface area (Å²) in [6.07, 6.45) is 0. The Bertz CT molecular complexity index is 767. The van der Waals surface area contributed by atoms with Crippen molar-refractivity contribution in [3.05, 3.63) is 71.8 Å². The SMILES string of the molecule is O=C(CN1CCNCCN(CC(=O)OCc2ccccc2)CCNCC1)OCc1ccccc1. The van der Waals surface area contributed by atoms with E-state index in [9.17, 15) is 9.59 Å². The predicted molar refractivity (Wildman–Crippen MR) is 131 cm³/mol. The van der Waals surface area contributed by atoms with Crippen molar-refractivity contribution in [1.82, 2.24) is 20.4 Å². The number of esters is 2. The second-order valence-corrected chi connectivity index (χ2v) is 8.34. The Kier molecular flexibility index (Phi) is 11.5. The van der Waals surface area contributed by atoms with Crippen molar-refractivity contribution in [1.29, 1.82) is 0 Å². The van der Waals surface area contributed by atoms with Crippen LogP contribution < -0.4 is 10.6 Å². The summed E-state index contributed by atoms with van der Waals surface area (Å²) in [4.78, 5) is 28.8. The van der Waals surface area contributed by atoms with Crippen molar-refractivity contribution < 1.29 is 19.1 Å². The van der Waals surface area contributed by atoms with Crippen LogP contribution in [0.5, 0.6) is 0 Å². The summed E-state index contributed by atoms with van der Waals surface area (Å²) in [5, 5.41) is 6.83. The average molecular weight is 469 g/mol. The van der Waals surface area contributed by atoms with Crippen LogP contribution >= 0.6 is 0 Å². The summed E-state index contributed by atoms with van der Waals surface area (Å²) in [5.41, 5.74) is 1.97. The van der Waals surface area contributed by atoms with Crippen molar-refractivity contribution in [2.24, 2.45) is 0 Å². The number of hydrogen-bond acceptors (Lipinski definition) is 8. The Balaban J connectivity index is 1.35. The standard InChI is InChI=1S/C26H36N4O4/c31-25(33-21-23-7-3-1-4-8-23)19-29-15-11-27-13-17-30(18-14-28-12-16-29)20-26(32)34-22-24-9-5-2-6-10-24/h1-10,27-28H,11-22H2. The molecule has 184 valence electrons. The molecule has 0 aliphatic carbocycles. The molecule has 2 aromatic rings. The molecule has 0 aromatic heterocycles. The van der Waals surface area contributed by atoms with E-state index in [1.165, 1.54) is 0 Å². The topological polar surface area (TPSA) is 83.1 Å². The van der Waals surface area contributed by atoms with Gasteiger partial charge in [-0.1, -0.05) is 60.7 Å². The first kappa shape index (κ1) is 25.8. The highest BCUT2D eigenvalue weighted by Gasteiger charge is 2.15. The number of carbonyl (C=O) groups is 2. The Hall–Kier alpha value is -2.78. The predicted octanol–water partition coefficient (Wildman–Crippen LogP) is 1.27. The van der Waals surface area contributed by atoms with E-state index >= 15 is 0 Å². The maximum absolute atomic E-state index is 12.3. The molecule has 2 N–H and O–H groups in total. The highest BCUT2D eigenvalue weighted by Crippen LogP contribution is 2.03. The van der Waals surface area contributed by atoms with E-state index in [0.29, 0.717) is 13.2 Å². The second-order valence-electron chi connectivity index (χ2n) is 8.34. The maximum Gasteiger partial charge on any atom is 0.320 e. The van der Waals surface area contributed by atoms with Crippen molar-refractivity contribution in [2.45, 2.75) is 13.2 Å². The fraction of sp³-hybridized carbons (Fsp3) is 0.462. The zero-order chi connectivity index (χ0) is 23.8. The van der Waals surface area contributed by atoms with Crippen LogP contribution in [-0.4, -0.2) is 87.2 Å². The first-order chi connectivity index (χ1) is 16.7. The van der Waals surface area contributed by atoms with Crippen molar-refractivity contribution >= 4 is 11.9 Å². The Morgan fingerprint density at radius 2 is 0.971 bits per heavy atom. The minimum atomic E-state index is -0.212. The van der Waals surface area contributed by atoms with Gasteiger partial charge >= 0.3 is 11.9 Å². The molecule has 8 nitrogen and oxygen atoms in total. The van der Waals surface area contributed by atoms with Crippen LogP contribution in [0.2, 0.25) is 0 Å². The Morgan fingerprint density at radius 3 is 1.32 bits per heavy atom. The molecule has 2 aromatic carbocycles. The first-order valence-corrected chi connectivity index (χ1v) is 11.9. The van der Waals surface area contributed by atoms with Gasteiger partial charge in [0, 0.05) is 52.4 Å². The summed E-state index contributed by atoms with van der Waals surface area (Å²) in [6, 6.07) is 19.4. The largest absolute Gasteiger partial charge is 0.460 e. The van der Waals surface area contributed by atoms with Crippen LogP contribution in [0.3, 0.4) is 0 Å². The number of nitrogens with zero attached hydrogens (tertiary/aromatic N) is 2. The van der Waals surface area contributed by atoms with E-state index in [2.05, 4.69) is 20.4 Å². The summed E-state index contributed by atoms with van der Waals surface area (Å²) in [7, 11) is 0. The van der Waals surface area contributed by atoms with Gasteiger partial charge < -0.3 is 20.1 Å². The Labute approximate surface area is 202 Å². The van der Waals surface area contributed by atoms with Crippen LogP contribution in [-0.2, 0) is 32.3 Å². The van der Waals surface area contributed by atoms with Crippen LogP contribution in [0.25, 0.3) is 0 Å². The van der Waals surface area contributed by atoms with E-state index < -0.39 is 0 Å². The molecule has 1 aliphatic heterocycles. The molecular formula is C26H36N4O4. The molecule has 1 fully saturated rings. The van der Waals surface area contributed by atoms with Crippen LogP contribution in [0, 0.1) is 0 Å². The zero-order valence-corrected chi connectivity index (χ0v) is 19.8. The van der Waals surface area contributed by atoms with E-state index in [-0.39, 0.29) is 25.0 Å². The van der Waals surface area contributed by atoms with E-state index in [1.54, 1.807) is 0 Å². The van der Waals surface area contributed by atoms with Gasteiger partial charge in [0.25, 0.3) is 0 Å². The van der Waals surface area contributed by atoms with Crippen molar-refractivity contribution in [3.63, 3.8) is 0 Å². The lowest BCUT2D eigenvalue weighted by Crippen LogP contribution is -2.45. The van der Waals surface area contributed by atoms with Gasteiger partial charge in [0.2, 0.25) is 0 Å². The van der Waals surface area contributed by atoms with Gasteiger partial charge in [-0.05, 0) is 11.1 Å². The molecule has 0 radical (unpaired) electrons. The van der Waals surface area contributed by atoms with Gasteiger partial charge in [0.05, 0.1) is 13.1 Å². The van der Waals surface area contributed by atoms with E-state index in [1.807, 2.05) is 60.7 Å². The molecule has 1 saturated heterocycles. The number of nitrogens with one attached hydrogen (secondary N) is 2. The number of carbonyl (C=O) groups excluding carboxylic acids is 2. The molecule has 0 atom stereocenters. The quantitative estimate of drug-likeness (QED) is 0.561. The van der Waals surface area contributed by atoms with Crippen LogP contribution in [0.4, 0.5) is 0 Å². The number of hydrogen-bond donors (Lipinski definition) is 2. The molecule has 1 heterocycles. The van der Waals surface area contributed by atoms with E-state index in [4.69, 9.17) is 9.47 Å². The molecule has 0 bridgehead atoms. The summed E-state index contributed by atoms with van der Waals surface area (Å²) in [5.74, 6) is -0.424. The molecule has 3 rings (SSSR count). The van der Waals surface area contributed by atoms with Crippen molar-refractivity contribution in [3.8, 4) is 0 Å². The molecule has 34 heavy (non-hydrogen) atoms. The maximum atomic E-state index is 12.3. The molecule has 1 aliphatic rings. The lowest BCUT2D eigenvalue weighted by atomic mass is 10.2. The molecular weight excluding hydrogens is 432 g/mol. The van der Waals surface area contributed by atoms with Crippen LogP contribution in [0.1, 0.15) is 11.1 Å². The van der Waals surface area contributed by atoms with Gasteiger partial charge in [-0.15, -0.1) is 0 Å². The lowest BCUT2D eigenvalue weighted by Gasteiger charge is -2.25. The third kappa shape index (κ3) is 10.4. The van der Waals surface area contributed by atoms with Gasteiger partial charge in [-0.3, -0.25) is 19.4 Å². The van der Waals surface area contributed by atoms with Crippen molar-refractivity contribution in [2.75, 3.05) is 65.4 Å². The summed E-state index contributed by atoms with van der Waals surface area (Å²) in [6.45, 7) is 7.20. The van der Waals surface area contributed by atoms with Gasteiger partial charge in [-0.25, -0.2) is 0 Å². The van der Waals surface area contributed by atoms with Gasteiger partial charge in [0.1, 0.15) is 13.2 Å². The zero-order valence-electron chi connectivity index (χ0n) is 19.8. The number of benzene rings is 2. The third-order valence-electron chi connectivity index (χ3n) is 5.61. The lowest BCUT2D eigenvalue weighted by molar-refractivity contribution is -0.147. The Morgan fingerprint density at radius 1 is 0.618 bits per heavy atom. The third-order valence-corrected chi connectivity index (χ3v) is 5.61. The number of rotatable bonds is 8. The smallest absolute Gasteiger partial charge is 0.320 e. The molecule has 0 amide bonds. The highest BCUT2D eigenvalue weighted by molar-refractivity contribution is 5.72. The van der Waals surface area contributed by atoms with Gasteiger partial charge in [0.15, 0.2) is 0 Å². The van der Waals surface area contributed by atoms with Crippen LogP contribution in [0.15, 0.2) is 60.7 Å². The molecule has 0 saturated carbocycles. The minimum Gasteiger partial charge on any atom is -0.460 e. The average Bonchev–Trinajstić information content (AvgIpc) is 2.85. The second kappa shape index (κ2) is 15.2.